The minimum absolute atomic E-state index is 0.0449. The first kappa shape index (κ1) is 26.3. The highest BCUT2D eigenvalue weighted by Crippen LogP contribution is 2.58. The Kier molecular flexibility index (Phi) is 5.77. The van der Waals surface area contributed by atoms with Crippen LogP contribution in [-0.2, 0) is 33.8 Å². The molecule has 196 valence electrons. The summed E-state index contributed by atoms with van der Waals surface area (Å²) in [5, 5.41) is 43.9. The lowest BCUT2D eigenvalue weighted by molar-refractivity contribution is -0.139. The Morgan fingerprint density at radius 1 is 1.22 bits per heavy atom. The van der Waals surface area contributed by atoms with Crippen molar-refractivity contribution in [3.63, 3.8) is 0 Å². The number of aliphatic hydroxyl groups is 2. The summed E-state index contributed by atoms with van der Waals surface area (Å²) in [5.41, 5.74) is 18.4. The fourth-order valence-electron chi connectivity index (χ4n) is 6.51. The Balaban J connectivity index is 2.15. The highest BCUT2D eigenvalue weighted by molar-refractivity contribution is 6.25. The van der Waals surface area contributed by atoms with Crippen molar-refractivity contribution < 1.29 is 29.7 Å². The molecule has 1 fully saturated rings. The van der Waals surface area contributed by atoms with Crippen molar-refractivity contribution in [2.24, 2.45) is 28.3 Å². The lowest BCUT2D eigenvalue weighted by Gasteiger charge is -2.58. The molecule has 0 spiro atoms. The van der Waals surface area contributed by atoms with E-state index in [4.69, 9.17) is 22.9 Å². The summed E-state index contributed by atoms with van der Waals surface area (Å²) in [7, 11) is 2.93. The molecule has 0 aromatic heterocycles. The summed E-state index contributed by atoms with van der Waals surface area (Å²) in [6.45, 7) is 1.81. The predicted molar refractivity (Wildman–Crippen MR) is 131 cm³/mol. The van der Waals surface area contributed by atoms with Gasteiger partial charge in [-0.25, -0.2) is 0 Å². The molecule has 0 heterocycles. The molecule has 1 amide bonds. The average molecular weight is 511 g/mol. The second-order valence-corrected chi connectivity index (χ2v) is 10.2. The van der Waals surface area contributed by atoms with Gasteiger partial charge in [-0.05, 0) is 44.5 Å². The molecule has 3 aliphatic rings. The lowest BCUT2D eigenvalue weighted by Crippen LogP contribution is -2.80. The standard InChI is InChI=1S/C25H30N6O6/c1-4-10-5-11(7-26)16(32)13-12(10)6-23(29)8-25(30)19(31(2)3)18(34)14(22(28)37)20(35)24(25,9-27)21(36)15(23)17(13)33/h5,19,32-33,35H,4,6-8,26,29-30H2,1-3H3,(H2,28,37)/t19-,23-,24+,25-/m1/s1. The third kappa shape index (κ3) is 2.99. The Morgan fingerprint density at radius 3 is 2.32 bits per heavy atom. The fraction of sp³-hybridized carbons (Fsp3) is 0.440. The van der Waals surface area contributed by atoms with Crippen LogP contribution < -0.4 is 22.9 Å². The number of aryl methyl sites for hydroxylation is 1. The van der Waals surface area contributed by atoms with Crippen LogP contribution in [0.2, 0.25) is 0 Å². The largest absolute Gasteiger partial charge is 0.509 e. The number of nitrogens with two attached hydrogens (primary N) is 4. The maximum Gasteiger partial charge on any atom is 0.255 e. The van der Waals surface area contributed by atoms with Gasteiger partial charge in [0.15, 0.2) is 17.0 Å². The Hall–Kier alpha value is -3.76. The van der Waals surface area contributed by atoms with Crippen molar-refractivity contribution in [1.29, 1.82) is 5.26 Å². The molecule has 1 aromatic rings. The van der Waals surface area contributed by atoms with E-state index in [1.165, 1.54) is 19.0 Å². The van der Waals surface area contributed by atoms with Gasteiger partial charge in [-0.15, -0.1) is 0 Å². The van der Waals surface area contributed by atoms with Crippen molar-refractivity contribution in [3.05, 3.63) is 45.2 Å². The first-order valence-electron chi connectivity index (χ1n) is 11.7. The minimum atomic E-state index is -2.68. The van der Waals surface area contributed by atoms with Gasteiger partial charge >= 0.3 is 0 Å². The average Bonchev–Trinajstić information content (AvgIpc) is 2.78. The Labute approximate surface area is 212 Å². The van der Waals surface area contributed by atoms with Crippen LogP contribution in [0.5, 0.6) is 5.75 Å². The van der Waals surface area contributed by atoms with E-state index in [0.717, 1.165) is 5.56 Å². The maximum atomic E-state index is 14.3. The molecular weight excluding hydrogens is 480 g/mol. The number of amides is 1. The number of phenolic OH excluding ortho intramolecular Hbond substituents is 1. The molecule has 11 N–H and O–H groups in total. The Bertz CT molecular complexity index is 1390. The number of aliphatic hydroxyl groups excluding tert-OH is 2. The SMILES string of the molecule is CCc1cc(CN)c(O)c2c1C[C@@]1(N)C[C@@]3(N)[C@H](N(C)C)C(=O)C(C(N)=O)=C(O)[C@@]3(C#N)C(=O)C1=C2O. The molecule has 0 bridgehead atoms. The summed E-state index contributed by atoms with van der Waals surface area (Å²) in [4.78, 5) is 41.2. The summed E-state index contributed by atoms with van der Waals surface area (Å²) in [6.07, 6.45) is 0.00480. The third-order valence-corrected chi connectivity index (χ3v) is 8.02. The van der Waals surface area contributed by atoms with Crippen molar-refractivity contribution in [2.75, 3.05) is 14.1 Å². The summed E-state index contributed by atoms with van der Waals surface area (Å²) >= 11 is 0. The number of Topliss-reactive ketones (excluding diaryl/α,β-unsaturated/α-hetero) is 2. The highest BCUT2D eigenvalue weighted by atomic mass is 16.3. The molecule has 12 nitrogen and oxygen atoms in total. The van der Waals surface area contributed by atoms with Crippen LogP contribution in [-0.4, -0.2) is 68.9 Å². The summed E-state index contributed by atoms with van der Waals surface area (Å²) in [5.74, 6) is -5.67. The van der Waals surface area contributed by atoms with E-state index in [0.29, 0.717) is 17.5 Å². The highest BCUT2D eigenvalue weighted by Gasteiger charge is 2.74. The lowest BCUT2D eigenvalue weighted by atomic mass is 9.47. The van der Waals surface area contributed by atoms with Gasteiger partial charge < -0.3 is 38.3 Å². The summed E-state index contributed by atoms with van der Waals surface area (Å²) < 4.78 is 0. The van der Waals surface area contributed by atoms with Crippen molar-refractivity contribution in [3.8, 4) is 11.8 Å². The molecule has 1 aromatic carbocycles. The molecule has 0 aliphatic heterocycles. The van der Waals surface area contributed by atoms with Gasteiger partial charge in [0.1, 0.15) is 22.8 Å². The van der Waals surface area contributed by atoms with Gasteiger partial charge in [0.25, 0.3) is 5.91 Å². The smallest absolute Gasteiger partial charge is 0.255 e. The number of hydrogen-bond acceptors (Lipinski definition) is 11. The number of aromatic hydroxyl groups is 1. The monoisotopic (exact) mass is 510 g/mol. The van der Waals surface area contributed by atoms with Crippen LogP contribution in [0.25, 0.3) is 5.76 Å². The van der Waals surface area contributed by atoms with Crippen molar-refractivity contribution >= 4 is 23.2 Å². The normalized spacial score (nSPS) is 31.1. The summed E-state index contributed by atoms with van der Waals surface area (Å²) in [6, 6.07) is 2.00. The molecular formula is C25H30N6O6. The maximum absolute atomic E-state index is 14.3. The third-order valence-electron chi connectivity index (χ3n) is 8.02. The van der Waals surface area contributed by atoms with E-state index in [-0.39, 0.29) is 24.3 Å². The number of hydrogen-bond donors (Lipinski definition) is 7. The number of nitriles is 1. The number of primary amides is 1. The first-order valence-corrected chi connectivity index (χ1v) is 11.7. The van der Waals surface area contributed by atoms with Crippen LogP contribution in [0.15, 0.2) is 23.0 Å². The number of benzene rings is 1. The van der Waals surface area contributed by atoms with E-state index >= 15 is 0 Å². The van der Waals surface area contributed by atoms with Crippen LogP contribution >= 0.6 is 0 Å². The number of carbonyl (C=O) groups excluding carboxylic acids is 3. The van der Waals surface area contributed by atoms with E-state index in [2.05, 4.69) is 0 Å². The Morgan fingerprint density at radius 2 is 1.84 bits per heavy atom. The molecule has 0 radical (unpaired) electrons. The van der Waals surface area contributed by atoms with Crippen LogP contribution in [0.4, 0.5) is 0 Å². The van der Waals surface area contributed by atoms with Gasteiger partial charge in [0, 0.05) is 12.1 Å². The van der Waals surface area contributed by atoms with Gasteiger partial charge in [-0.1, -0.05) is 13.0 Å². The minimum Gasteiger partial charge on any atom is -0.509 e. The van der Waals surface area contributed by atoms with Gasteiger partial charge in [-0.2, -0.15) is 5.26 Å². The second kappa shape index (κ2) is 8.12. The fourth-order valence-corrected chi connectivity index (χ4v) is 6.51. The van der Waals surface area contributed by atoms with Crippen LogP contribution in [0.3, 0.4) is 0 Å². The van der Waals surface area contributed by atoms with Crippen LogP contribution in [0, 0.1) is 16.7 Å². The molecule has 0 saturated heterocycles. The molecule has 0 unspecified atom stereocenters. The number of fused-ring (bicyclic) bond motifs is 3. The van der Waals surface area contributed by atoms with Gasteiger partial charge in [0.05, 0.1) is 34.3 Å². The zero-order valence-electron chi connectivity index (χ0n) is 20.8. The molecule has 4 rings (SSSR count). The predicted octanol–water partition coefficient (Wildman–Crippen LogP) is -1.07. The first-order chi connectivity index (χ1) is 17.2. The molecule has 1 saturated carbocycles. The quantitative estimate of drug-likeness (QED) is 0.240. The molecule has 37 heavy (non-hydrogen) atoms. The van der Waals surface area contributed by atoms with Gasteiger partial charge in [0.2, 0.25) is 0 Å². The number of nitrogens with zero attached hydrogens (tertiary/aromatic N) is 2. The van der Waals surface area contributed by atoms with Crippen LogP contribution in [0.1, 0.15) is 35.6 Å². The zero-order valence-corrected chi connectivity index (χ0v) is 20.8. The van der Waals surface area contributed by atoms with E-state index in [1.54, 1.807) is 12.1 Å². The number of likely N-dealkylation sites (N-methyl/N-ethyl adjacent to an activating group) is 1. The van der Waals surface area contributed by atoms with E-state index < -0.39 is 69.1 Å². The van der Waals surface area contributed by atoms with E-state index in [9.17, 15) is 35.0 Å². The topological polar surface area (TPSA) is 243 Å². The number of rotatable bonds is 4. The van der Waals surface area contributed by atoms with Gasteiger partial charge in [-0.3, -0.25) is 19.3 Å². The number of ketones is 2. The van der Waals surface area contributed by atoms with E-state index in [1.807, 2.05) is 6.92 Å². The number of carbonyl (C=O) groups is 3. The molecule has 3 aliphatic carbocycles. The van der Waals surface area contributed by atoms with Crippen molar-refractivity contribution in [1.82, 2.24) is 4.90 Å². The second-order valence-electron chi connectivity index (χ2n) is 10.2. The molecule has 4 atom stereocenters. The zero-order chi connectivity index (χ0) is 27.8. The van der Waals surface area contributed by atoms with Crippen molar-refractivity contribution in [2.45, 2.75) is 49.9 Å². The molecule has 12 heteroatoms. The number of phenols is 1.